The van der Waals surface area contributed by atoms with Crippen LogP contribution in [0.4, 0.5) is 0 Å². The second-order valence-corrected chi connectivity index (χ2v) is 10.2. The van der Waals surface area contributed by atoms with Gasteiger partial charge in [0.1, 0.15) is 29.1 Å². The molecule has 2 aromatic heterocycles. The number of fused-ring (bicyclic) bond motifs is 1. The number of methoxy groups -OCH3 is 3. The van der Waals surface area contributed by atoms with E-state index in [4.69, 9.17) is 23.4 Å². The van der Waals surface area contributed by atoms with Gasteiger partial charge in [0.05, 0.1) is 49.3 Å². The molecule has 0 N–H and O–H groups in total. The number of nitrogens with zero attached hydrogens (tertiary/aromatic N) is 2. The third-order valence-corrected chi connectivity index (χ3v) is 7.70. The van der Waals surface area contributed by atoms with Crippen molar-refractivity contribution in [1.82, 2.24) is 4.57 Å². The first-order valence-corrected chi connectivity index (χ1v) is 13.8. The van der Waals surface area contributed by atoms with Gasteiger partial charge in [-0.2, -0.15) is 0 Å². The lowest BCUT2D eigenvalue weighted by atomic mass is 9.95. The molecular weight excluding hydrogens is 560 g/mol. The van der Waals surface area contributed by atoms with Gasteiger partial charge in [0.25, 0.3) is 5.56 Å². The molecule has 1 aliphatic rings. The highest BCUT2D eigenvalue weighted by molar-refractivity contribution is 7.07. The molecular formula is C31H28N2O8S. The fraction of sp³-hybridized carbons (Fsp3) is 0.226. The molecule has 0 aliphatic carbocycles. The first-order valence-electron chi connectivity index (χ1n) is 13.0. The lowest BCUT2D eigenvalue weighted by Gasteiger charge is -2.26. The zero-order valence-corrected chi connectivity index (χ0v) is 24.4. The van der Waals surface area contributed by atoms with E-state index < -0.39 is 18.0 Å². The van der Waals surface area contributed by atoms with E-state index in [1.807, 2.05) is 6.07 Å². The van der Waals surface area contributed by atoms with E-state index in [2.05, 4.69) is 4.99 Å². The SMILES string of the molecule is CCOC(=O)C1=C(C)N=c2s/c(=C/c3ccc(-c4cccc(C(=O)OC)c4)o3)c(=O)n2[C@@H]1c1cc(OC)ccc1OC. The molecule has 10 nitrogen and oxygen atoms in total. The number of hydrogen-bond donors (Lipinski definition) is 0. The molecule has 216 valence electrons. The number of thiazole rings is 1. The summed E-state index contributed by atoms with van der Waals surface area (Å²) < 4.78 is 29.1. The molecule has 1 aliphatic heterocycles. The fourth-order valence-corrected chi connectivity index (χ4v) is 5.80. The van der Waals surface area contributed by atoms with Gasteiger partial charge in [-0.15, -0.1) is 0 Å². The average molecular weight is 589 g/mol. The van der Waals surface area contributed by atoms with Crippen LogP contribution in [0.5, 0.6) is 11.5 Å². The van der Waals surface area contributed by atoms with E-state index in [1.54, 1.807) is 68.5 Å². The Morgan fingerprint density at radius 3 is 2.57 bits per heavy atom. The zero-order chi connectivity index (χ0) is 30.0. The minimum atomic E-state index is -0.874. The predicted molar refractivity (Wildman–Crippen MR) is 155 cm³/mol. The highest BCUT2D eigenvalue weighted by Crippen LogP contribution is 2.37. The molecule has 4 aromatic rings. The standard InChI is InChI=1S/C31H28N2O8S/c1-6-40-30(36)26-17(2)32-31-33(27(26)22-15-20(37-3)10-13-24(22)38-4)28(34)25(42-31)16-21-11-12-23(41-21)18-8-7-9-19(14-18)29(35)39-5/h7-16,27H,6H2,1-5H3/b25-16+/t27-/m1/s1. The number of carbonyl (C=O) groups excluding carboxylic acids is 2. The maximum Gasteiger partial charge on any atom is 0.338 e. The number of furan rings is 1. The lowest BCUT2D eigenvalue weighted by molar-refractivity contribution is -0.139. The summed E-state index contributed by atoms with van der Waals surface area (Å²) in [6.45, 7) is 3.59. The van der Waals surface area contributed by atoms with Gasteiger partial charge < -0.3 is 23.4 Å². The number of aromatic nitrogens is 1. The largest absolute Gasteiger partial charge is 0.497 e. The number of carbonyl (C=O) groups is 2. The predicted octanol–water partition coefficient (Wildman–Crippen LogP) is 3.86. The van der Waals surface area contributed by atoms with Crippen LogP contribution in [0.2, 0.25) is 0 Å². The summed E-state index contributed by atoms with van der Waals surface area (Å²) in [6.07, 6.45) is 1.63. The average Bonchev–Trinajstić information content (AvgIpc) is 3.59. The van der Waals surface area contributed by atoms with Crippen LogP contribution in [0.25, 0.3) is 17.4 Å². The van der Waals surface area contributed by atoms with Crippen LogP contribution < -0.4 is 24.4 Å². The smallest absolute Gasteiger partial charge is 0.338 e. The van der Waals surface area contributed by atoms with Gasteiger partial charge in [0.15, 0.2) is 4.80 Å². The quantitative estimate of drug-likeness (QED) is 0.285. The monoisotopic (exact) mass is 588 g/mol. The van der Waals surface area contributed by atoms with Crippen LogP contribution >= 0.6 is 11.3 Å². The summed E-state index contributed by atoms with van der Waals surface area (Å²) in [5, 5.41) is 0. The summed E-state index contributed by atoms with van der Waals surface area (Å²) in [7, 11) is 4.38. The van der Waals surface area contributed by atoms with E-state index in [9.17, 15) is 14.4 Å². The van der Waals surface area contributed by atoms with E-state index in [0.717, 1.165) is 0 Å². The molecule has 42 heavy (non-hydrogen) atoms. The summed E-state index contributed by atoms with van der Waals surface area (Å²) in [4.78, 5) is 44.1. The van der Waals surface area contributed by atoms with Crippen molar-refractivity contribution in [2.45, 2.75) is 19.9 Å². The van der Waals surface area contributed by atoms with Crippen molar-refractivity contribution in [1.29, 1.82) is 0 Å². The number of esters is 2. The number of benzene rings is 2. The molecule has 0 saturated heterocycles. The third-order valence-electron chi connectivity index (χ3n) is 6.72. The Hall–Kier alpha value is -4.90. The van der Waals surface area contributed by atoms with E-state index in [0.29, 0.717) is 54.7 Å². The van der Waals surface area contributed by atoms with Crippen molar-refractivity contribution in [3.05, 3.63) is 102 Å². The van der Waals surface area contributed by atoms with Crippen molar-refractivity contribution in [2.24, 2.45) is 4.99 Å². The molecule has 0 spiro atoms. The topological polar surface area (TPSA) is 119 Å². The first kappa shape index (κ1) is 28.6. The Morgan fingerprint density at radius 1 is 1.05 bits per heavy atom. The highest BCUT2D eigenvalue weighted by atomic mass is 32.1. The van der Waals surface area contributed by atoms with Gasteiger partial charge in [-0.05, 0) is 56.3 Å². The van der Waals surface area contributed by atoms with Gasteiger partial charge >= 0.3 is 11.9 Å². The van der Waals surface area contributed by atoms with Crippen LogP contribution in [-0.4, -0.2) is 44.4 Å². The Balaban J connectivity index is 1.65. The molecule has 0 unspecified atom stereocenters. The minimum absolute atomic E-state index is 0.158. The zero-order valence-electron chi connectivity index (χ0n) is 23.6. The summed E-state index contributed by atoms with van der Waals surface area (Å²) in [5.74, 6) is 0.911. The second-order valence-electron chi connectivity index (χ2n) is 9.18. The molecule has 1 atom stereocenters. The van der Waals surface area contributed by atoms with Gasteiger partial charge in [0, 0.05) is 17.2 Å². The summed E-state index contributed by atoms with van der Waals surface area (Å²) in [5.41, 5.74) is 1.91. The number of rotatable bonds is 8. The maximum absolute atomic E-state index is 14.0. The lowest BCUT2D eigenvalue weighted by Crippen LogP contribution is -2.40. The molecule has 2 aromatic carbocycles. The second kappa shape index (κ2) is 11.9. The highest BCUT2D eigenvalue weighted by Gasteiger charge is 2.35. The molecule has 0 saturated carbocycles. The van der Waals surface area contributed by atoms with Gasteiger partial charge in [-0.3, -0.25) is 9.36 Å². The van der Waals surface area contributed by atoms with Crippen molar-refractivity contribution in [3.63, 3.8) is 0 Å². The minimum Gasteiger partial charge on any atom is -0.497 e. The molecule has 0 radical (unpaired) electrons. The van der Waals surface area contributed by atoms with Crippen LogP contribution in [0, 0.1) is 0 Å². The molecule has 0 fully saturated rings. The van der Waals surface area contributed by atoms with Crippen molar-refractivity contribution in [3.8, 4) is 22.8 Å². The normalized spacial score (nSPS) is 14.7. The van der Waals surface area contributed by atoms with Crippen LogP contribution in [-0.2, 0) is 14.3 Å². The van der Waals surface area contributed by atoms with Crippen molar-refractivity contribution in [2.75, 3.05) is 27.9 Å². The van der Waals surface area contributed by atoms with Crippen LogP contribution in [0.1, 0.15) is 41.6 Å². The Morgan fingerprint density at radius 2 is 1.86 bits per heavy atom. The van der Waals surface area contributed by atoms with Crippen LogP contribution in [0.15, 0.2) is 80.1 Å². The Kier molecular flexibility index (Phi) is 8.12. The first-order chi connectivity index (χ1) is 20.3. The summed E-state index contributed by atoms with van der Waals surface area (Å²) >= 11 is 1.17. The van der Waals surface area contributed by atoms with Gasteiger partial charge in [0.2, 0.25) is 0 Å². The van der Waals surface area contributed by atoms with Gasteiger partial charge in [-0.25, -0.2) is 14.6 Å². The maximum atomic E-state index is 14.0. The Labute approximate surface area is 244 Å². The number of hydrogen-bond acceptors (Lipinski definition) is 10. The third kappa shape index (κ3) is 5.26. The molecule has 11 heteroatoms. The van der Waals surface area contributed by atoms with Crippen molar-refractivity contribution >= 4 is 29.4 Å². The van der Waals surface area contributed by atoms with E-state index >= 15 is 0 Å². The number of ether oxygens (including phenoxy) is 4. The van der Waals surface area contributed by atoms with E-state index in [-0.39, 0.29) is 17.7 Å². The molecule has 5 rings (SSSR count). The van der Waals surface area contributed by atoms with Crippen LogP contribution in [0.3, 0.4) is 0 Å². The number of allylic oxidation sites excluding steroid dienone is 1. The van der Waals surface area contributed by atoms with E-state index in [1.165, 1.54) is 37.2 Å². The summed E-state index contributed by atoms with van der Waals surface area (Å²) in [6, 6.07) is 14.7. The molecule has 0 amide bonds. The fourth-order valence-electron chi connectivity index (χ4n) is 4.77. The molecule has 3 heterocycles. The Bertz CT molecular complexity index is 1900. The van der Waals surface area contributed by atoms with Crippen molar-refractivity contribution < 1.29 is 33.0 Å². The van der Waals surface area contributed by atoms with Gasteiger partial charge in [-0.1, -0.05) is 23.5 Å². The molecule has 0 bridgehead atoms.